The van der Waals surface area contributed by atoms with Gasteiger partial charge in [0.2, 0.25) is 0 Å². The normalized spacial score (nSPS) is 16.2. The summed E-state index contributed by atoms with van der Waals surface area (Å²) in [4.78, 5) is 29.6. The van der Waals surface area contributed by atoms with Gasteiger partial charge in [0.1, 0.15) is 0 Å². The van der Waals surface area contributed by atoms with Gasteiger partial charge in [0.05, 0.1) is 0 Å². The standard InChI is InChI=1S/C44H28N4.Mn.HNO3/c1-5-13-29(14-6-1)41-33-21-23-35(45-33)42(30-15-7-2-8-16-30)37-25-27-39(47-37)44(32-19-11-4-12-20-32)40-28-26-38(48-40)43(31-17-9-3-10-18-31)36-24-22-34(41)46-36;;2-1(3)4/h1-28H;;(H,2,3,4)/q-4;;/b41-33-,41-34?,42-35-,42-37?,43-36?,43-38-,44-39?,44-40-;;. The fourth-order valence-electron chi connectivity index (χ4n) is 6.69. The minimum absolute atomic E-state index is 0. The van der Waals surface area contributed by atoms with Gasteiger partial charge in [-0.2, -0.15) is 0 Å². The van der Waals surface area contributed by atoms with Crippen LogP contribution in [0.15, 0.2) is 170 Å². The maximum atomic E-state index is 8.36. The molecule has 8 aromatic rings. The zero-order valence-corrected chi connectivity index (χ0v) is 29.2. The van der Waals surface area contributed by atoms with Gasteiger partial charge < -0.3 is 25.1 Å². The van der Waals surface area contributed by atoms with Gasteiger partial charge in [0.15, 0.2) is 0 Å². The molecule has 8 bridgehead atoms. The van der Waals surface area contributed by atoms with Crippen LogP contribution >= 0.6 is 0 Å². The monoisotopic (exact) mass is 730 g/mol. The minimum atomic E-state index is -1.50. The van der Waals surface area contributed by atoms with E-state index in [4.69, 9.17) is 35.3 Å². The number of hydrogen-bond acceptors (Lipinski definition) is 2. The third-order valence-electron chi connectivity index (χ3n) is 8.86. The molecule has 4 aromatic carbocycles. The van der Waals surface area contributed by atoms with E-state index in [0.29, 0.717) is 0 Å². The fraction of sp³-hybridized carbons (Fsp3) is 0. The molecule has 8 nitrogen and oxygen atoms in total. The molecular weight excluding hydrogens is 701 g/mol. The van der Waals surface area contributed by atoms with Crippen LogP contribution in [-0.2, 0) is 17.1 Å². The number of aromatic nitrogens is 4. The minimum Gasteiger partial charge on any atom is -0.657 e. The topological polar surface area (TPSA) is 120 Å². The summed E-state index contributed by atoms with van der Waals surface area (Å²) in [6, 6.07) is 58.4. The molecule has 0 saturated heterocycles. The van der Waals surface area contributed by atoms with Crippen molar-refractivity contribution in [3.8, 4) is 0 Å². The molecule has 9 rings (SSSR count). The van der Waals surface area contributed by atoms with Crippen molar-refractivity contribution in [1.29, 1.82) is 0 Å². The Morgan fingerprint density at radius 3 is 0.774 bits per heavy atom. The van der Waals surface area contributed by atoms with E-state index < -0.39 is 5.09 Å². The van der Waals surface area contributed by atoms with Crippen molar-refractivity contribution in [2.75, 3.05) is 0 Å². The van der Waals surface area contributed by atoms with Crippen molar-refractivity contribution in [3.63, 3.8) is 0 Å². The molecule has 9 heteroatoms. The molecule has 0 atom stereocenters. The van der Waals surface area contributed by atoms with Crippen LogP contribution in [0.2, 0.25) is 0 Å². The van der Waals surface area contributed by atoms with Gasteiger partial charge in [-0.1, -0.05) is 170 Å². The summed E-state index contributed by atoms with van der Waals surface area (Å²) in [6.45, 7) is 0. The number of nitrogens with zero attached hydrogens (tertiary/aromatic N) is 5. The Kier molecular flexibility index (Phi) is 9.94. The largest absolute Gasteiger partial charge is 0.657 e. The molecule has 0 saturated carbocycles. The molecule has 0 amide bonds. The van der Waals surface area contributed by atoms with Crippen molar-refractivity contribution >= 4 is 22.3 Å². The maximum Gasteiger partial charge on any atom is 0.291 e. The molecule has 1 radical (unpaired) electrons. The van der Waals surface area contributed by atoms with E-state index in [1.54, 1.807) is 0 Å². The Morgan fingerprint density at radius 1 is 0.358 bits per heavy atom. The van der Waals surface area contributed by atoms with Crippen LogP contribution in [0.3, 0.4) is 0 Å². The van der Waals surface area contributed by atoms with Crippen molar-refractivity contribution < 1.29 is 27.4 Å². The first-order valence-corrected chi connectivity index (χ1v) is 16.6. The molecule has 53 heavy (non-hydrogen) atoms. The summed E-state index contributed by atoms with van der Waals surface area (Å²) in [5.74, 6) is 0. The zero-order valence-electron chi connectivity index (χ0n) is 28.0. The van der Waals surface area contributed by atoms with Crippen LogP contribution in [0, 0.1) is 10.1 Å². The van der Waals surface area contributed by atoms with Gasteiger partial charge in [-0.3, -0.25) is 0 Å². The second-order valence-corrected chi connectivity index (χ2v) is 12.1. The van der Waals surface area contributed by atoms with Gasteiger partial charge in [0, 0.05) is 17.1 Å². The van der Waals surface area contributed by atoms with Crippen LogP contribution in [0.4, 0.5) is 0 Å². The number of hydrogen-bond donors (Lipinski definition) is 1. The quantitative estimate of drug-likeness (QED) is 0.161. The SMILES string of the molecule is O=[N+]([O-])O.[Mn].c1ccc(/C2=c3\cc/c([n-]3)=C(\c3ccccc3)c3ccc([n-]3)/C(c3ccccc3)=c3/cc/c([n-]3)=C(\c3ccccc3)c3ccc2[n-]3)cc1. The molecule has 0 aliphatic carbocycles. The second-order valence-electron chi connectivity index (χ2n) is 12.1. The van der Waals surface area contributed by atoms with Crippen LogP contribution < -0.4 is 41.3 Å². The summed E-state index contributed by atoms with van der Waals surface area (Å²) in [7, 11) is 0. The summed E-state index contributed by atoms with van der Waals surface area (Å²) >= 11 is 0. The van der Waals surface area contributed by atoms with E-state index in [-0.39, 0.29) is 17.1 Å². The van der Waals surface area contributed by atoms with Crippen LogP contribution in [0.5, 0.6) is 0 Å². The second kappa shape index (κ2) is 15.2. The predicted octanol–water partition coefficient (Wildman–Crippen LogP) is 4.47. The van der Waals surface area contributed by atoms with Crippen LogP contribution in [0.25, 0.3) is 22.3 Å². The Morgan fingerprint density at radius 2 is 0.566 bits per heavy atom. The molecule has 0 fully saturated rings. The average Bonchev–Trinajstić information content (AvgIpc) is 4.01. The van der Waals surface area contributed by atoms with Crippen molar-refractivity contribution in [3.05, 3.63) is 246 Å². The first-order valence-electron chi connectivity index (χ1n) is 16.6. The van der Waals surface area contributed by atoms with Gasteiger partial charge in [-0.05, 0) is 44.5 Å². The van der Waals surface area contributed by atoms with E-state index in [0.717, 1.165) is 88.7 Å². The molecule has 1 N–H and O–H groups in total. The van der Waals surface area contributed by atoms with E-state index in [2.05, 4.69) is 146 Å². The van der Waals surface area contributed by atoms with E-state index in [1.807, 2.05) is 24.3 Å². The molecule has 0 spiro atoms. The molecular formula is C44H29MnN5O3-4. The summed E-state index contributed by atoms with van der Waals surface area (Å²) < 4.78 is 0. The van der Waals surface area contributed by atoms with E-state index in [9.17, 15) is 0 Å². The predicted molar refractivity (Wildman–Crippen MR) is 199 cm³/mol. The molecule has 259 valence electrons. The number of fused-ring (bicyclic) bond motifs is 8. The van der Waals surface area contributed by atoms with Crippen molar-refractivity contribution in [2.24, 2.45) is 0 Å². The van der Waals surface area contributed by atoms with Gasteiger partial charge in [-0.15, -0.1) is 54.3 Å². The van der Waals surface area contributed by atoms with Crippen LogP contribution in [0.1, 0.15) is 45.0 Å². The van der Waals surface area contributed by atoms with Gasteiger partial charge in [-0.25, -0.2) is 0 Å². The van der Waals surface area contributed by atoms with Crippen molar-refractivity contribution in [2.45, 2.75) is 0 Å². The molecule has 1 aliphatic heterocycles. The number of benzene rings is 4. The summed E-state index contributed by atoms with van der Waals surface area (Å²) in [6.07, 6.45) is 0. The van der Waals surface area contributed by atoms with E-state index >= 15 is 0 Å². The molecule has 5 heterocycles. The Bertz CT molecular complexity index is 2400. The average molecular weight is 731 g/mol. The zero-order chi connectivity index (χ0) is 35.4. The molecule has 1 aliphatic rings. The summed E-state index contributed by atoms with van der Waals surface area (Å²) in [5.41, 5.74) is 11.6. The Labute approximate surface area is 314 Å². The smallest absolute Gasteiger partial charge is 0.291 e. The molecule has 4 aromatic heterocycles. The third-order valence-corrected chi connectivity index (χ3v) is 8.86. The first kappa shape index (κ1) is 34.6. The van der Waals surface area contributed by atoms with Crippen LogP contribution in [-0.4, -0.2) is 10.3 Å². The number of rotatable bonds is 4. The Balaban J connectivity index is 0.000000831. The fourth-order valence-corrected chi connectivity index (χ4v) is 6.69. The van der Waals surface area contributed by atoms with Crippen molar-refractivity contribution in [1.82, 2.24) is 19.9 Å². The van der Waals surface area contributed by atoms with E-state index in [1.165, 1.54) is 0 Å². The van der Waals surface area contributed by atoms with Gasteiger partial charge >= 0.3 is 0 Å². The molecule has 0 unspecified atom stereocenters. The summed E-state index contributed by atoms with van der Waals surface area (Å²) in [5, 5.41) is 17.1. The maximum absolute atomic E-state index is 8.36. The third kappa shape index (κ3) is 7.07. The first-order chi connectivity index (χ1) is 25.5. The Hall–Kier alpha value is -6.80. The van der Waals surface area contributed by atoms with Gasteiger partial charge in [0.25, 0.3) is 5.09 Å².